The fourth-order valence-corrected chi connectivity index (χ4v) is 1.76. The first-order valence-electron chi connectivity index (χ1n) is 5.26. The molecule has 1 heterocycles. The van der Waals surface area contributed by atoms with Crippen LogP contribution < -0.4 is 5.32 Å². The third kappa shape index (κ3) is 2.25. The Morgan fingerprint density at radius 3 is 2.71 bits per heavy atom. The zero-order chi connectivity index (χ0) is 10.7. The number of hydrogen-bond acceptors (Lipinski definition) is 3. The molecule has 0 aromatic rings. The van der Waals surface area contributed by atoms with Gasteiger partial charge in [0.15, 0.2) is 0 Å². The van der Waals surface area contributed by atoms with Crippen LogP contribution in [0.1, 0.15) is 20.3 Å². The van der Waals surface area contributed by atoms with Crippen molar-refractivity contribution in [3.63, 3.8) is 0 Å². The van der Waals surface area contributed by atoms with Crippen LogP contribution in [0.2, 0.25) is 0 Å². The van der Waals surface area contributed by atoms with Crippen LogP contribution in [0.3, 0.4) is 0 Å². The molecule has 14 heavy (non-hydrogen) atoms. The van der Waals surface area contributed by atoms with Crippen molar-refractivity contribution in [1.82, 2.24) is 15.1 Å². The zero-order valence-electron chi connectivity index (χ0n) is 9.58. The van der Waals surface area contributed by atoms with Crippen LogP contribution in [0.5, 0.6) is 0 Å². The highest BCUT2D eigenvalue weighted by Crippen LogP contribution is 2.10. The molecule has 1 N–H and O–H groups in total. The topological polar surface area (TPSA) is 35.6 Å². The van der Waals surface area contributed by atoms with E-state index < -0.39 is 0 Å². The number of rotatable bonds is 2. The van der Waals surface area contributed by atoms with E-state index in [1.54, 1.807) is 0 Å². The van der Waals surface area contributed by atoms with E-state index in [1.807, 2.05) is 32.8 Å². The third-order valence-electron chi connectivity index (χ3n) is 3.10. The van der Waals surface area contributed by atoms with Crippen LogP contribution in [0.15, 0.2) is 0 Å². The SMILES string of the molecule is CNC(C)N1CCCN(C)C(C)C1=O. The van der Waals surface area contributed by atoms with E-state index in [-0.39, 0.29) is 18.1 Å². The molecule has 1 fully saturated rings. The monoisotopic (exact) mass is 199 g/mol. The Morgan fingerprint density at radius 1 is 1.50 bits per heavy atom. The first-order valence-corrected chi connectivity index (χ1v) is 5.26. The molecule has 0 aromatic heterocycles. The Bertz CT molecular complexity index is 208. The van der Waals surface area contributed by atoms with Gasteiger partial charge in [-0.2, -0.15) is 0 Å². The highest BCUT2D eigenvalue weighted by molar-refractivity contribution is 5.81. The van der Waals surface area contributed by atoms with E-state index in [1.165, 1.54) is 0 Å². The van der Waals surface area contributed by atoms with Crippen molar-refractivity contribution in [3.8, 4) is 0 Å². The fraction of sp³-hybridized carbons (Fsp3) is 0.900. The van der Waals surface area contributed by atoms with Gasteiger partial charge in [0, 0.05) is 13.1 Å². The van der Waals surface area contributed by atoms with Crippen LogP contribution in [0.4, 0.5) is 0 Å². The maximum atomic E-state index is 12.0. The standard InChI is InChI=1S/C10H21N3O/c1-8-10(14)13(9(2)11-3)7-5-6-12(8)4/h8-9,11H,5-7H2,1-4H3. The molecular formula is C10H21N3O. The van der Waals surface area contributed by atoms with E-state index in [0.717, 1.165) is 19.5 Å². The Labute approximate surface area is 86.2 Å². The molecule has 1 rings (SSSR count). The minimum absolute atomic E-state index is 0.00769. The summed E-state index contributed by atoms with van der Waals surface area (Å²) in [6.45, 7) is 5.86. The smallest absolute Gasteiger partial charge is 0.240 e. The van der Waals surface area contributed by atoms with Gasteiger partial charge in [0.05, 0.1) is 12.2 Å². The Kier molecular flexibility index (Phi) is 3.89. The normalized spacial score (nSPS) is 27.6. The number of nitrogens with zero attached hydrogens (tertiary/aromatic N) is 2. The first-order chi connectivity index (χ1) is 6.57. The van der Waals surface area contributed by atoms with Gasteiger partial charge in [0.25, 0.3) is 0 Å². The molecule has 0 bridgehead atoms. The van der Waals surface area contributed by atoms with Crippen LogP contribution in [0, 0.1) is 0 Å². The van der Waals surface area contributed by atoms with Crippen molar-refractivity contribution in [2.45, 2.75) is 32.5 Å². The molecule has 1 saturated heterocycles. The van der Waals surface area contributed by atoms with Crippen molar-refractivity contribution in [2.24, 2.45) is 0 Å². The van der Waals surface area contributed by atoms with Gasteiger partial charge in [0.2, 0.25) is 5.91 Å². The molecule has 0 radical (unpaired) electrons. The fourth-order valence-electron chi connectivity index (χ4n) is 1.76. The van der Waals surface area contributed by atoms with E-state index >= 15 is 0 Å². The molecule has 0 aliphatic carbocycles. The van der Waals surface area contributed by atoms with E-state index in [0.29, 0.717) is 0 Å². The Morgan fingerprint density at radius 2 is 2.14 bits per heavy atom. The van der Waals surface area contributed by atoms with Crippen LogP contribution in [-0.2, 0) is 4.79 Å². The molecule has 4 heteroatoms. The van der Waals surface area contributed by atoms with E-state index in [9.17, 15) is 4.79 Å². The highest BCUT2D eigenvalue weighted by atomic mass is 16.2. The highest BCUT2D eigenvalue weighted by Gasteiger charge is 2.28. The summed E-state index contributed by atoms with van der Waals surface area (Å²) in [4.78, 5) is 16.0. The minimum atomic E-state index is 0.00769. The number of carbonyl (C=O) groups is 1. The molecular weight excluding hydrogens is 178 g/mol. The van der Waals surface area contributed by atoms with Gasteiger partial charge < -0.3 is 10.2 Å². The van der Waals surface area contributed by atoms with Gasteiger partial charge in [-0.05, 0) is 34.4 Å². The third-order valence-corrected chi connectivity index (χ3v) is 3.10. The number of amides is 1. The summed E-state index contributed by atoms with van der Waals surface area (Å²) in [5, 5.41) is 3.11. The molecule has 0 saturated carbocycles. The van der Waals surface area contributed by atoms with E-state index in [4.69, 9.17) is 0 Å². The quantitative estimate of drug-likeness (QED) is 0.685. The average Bonchev–Trinajstić information content (AvgIpc) is 2.31. The van der Waals surface area contributed by atoms with Crippen LogP contribution in [0.25, 0.3) is 0 Å². The second kappa shape index (κ2) is 4.75. The van der Waals surface area contributed by atoms with Gasteiger partial charge in [-0.15, -0.1) is 0 Å². The van der Waals surface area contributed by atoms with E-state index in [2.05, 4.69) is 10.2 Å². The lowest BCUT2D eigenvalue weighted by molar-refractivity contribution is -0.136. The molecule has 0 aromatic carbocycles. The largest absolute Gasteiger partial charge is 0.326 e. The van der Waals surface area contributed by atoms with Crippen LogP contribution in [-0.4, -0.2) is 55.1 Å². The molecule has 4 nitrogen and oxygen atoms in total. The van der Waals surface area contributed by atoms with Crippen molar-refractivity contribution < 1.29 is 4.79 Å². The van der Waals surface area contributed by atoms with Gasteiger partial charge >= 0.3 is 0 Å². The summed E-state index contributed by atoms with van der Waals surface area (Å²) in [6.07, 6.45) is 1.19. The lowest BCUT2D eigenvalue weighted by atomic mass is 10.2. The summed E-state index contributed by atoms with van der Waals surface area (Å²) in [6, 6.07) is 0.00769. The van der Waals surface area contributed by atoms with Crippen molar-refractivity contribution in [3.05, 3.63) is 0 Å². The summed E-state index contributed by atoms with van der Waals surface area (Å²) in [7, 11) is 3.90. The first kappa shape index (κ1) is 11.5. The lowest BCUT2D eigenvalue weighted by Gasteiger charge is -2.30. The van der Waals surface area contributed by atoms with Crippen molar-refractivity contribution in [2.75, 3.05) is 27.2 Å². The molecule has 1 aliphatic rings. The Balaban J connectivity index is 2.72. The predicted octanol–water partition coefficient (Wildman–Crippen LogP) is 0.104. The maximum absolute atomic E-state index is 12.0. The van der Waals surface area contributed by atoms with Gasteiger partial charge in [-0.25, -0.2) is 0 Å². The zero-order valence-corrected chi connectivity index (χ0v) is 9.58. The summed E-state index contributed by atoms with van der Waals surface area (Å²) in [5.41, 5.74) is 0. The summed E-state index contributed by atoms with van der Waals surface area (Å²) < 4.78 is 0. The molecule has 82 valence electrons. The van der Waals surface area contributed by atoms with Crippen molar-refractivity contribution >= 4 is 5.91 Å². The van der Waals surface area contributed by atoms with Gasteiger partial charge in [-0.3, -0.25) is 9.69 Å². The predicted molar refractivity (Wildman–Crippen MR) is 56.9 cm³/mol. The second-order valence-corrected chi connectivity index (χ2v) is 4.01. The second-order valence-electron chi connectivity index (χ2n) is 4.01. The van der Waals surface area contributed by atoms with Crippen molar-refractivity contribution in [1.29, 1.82) is 0 Å². The molecule has 1 amide bonds. The number of nitrogens with one attached hydrogen (secondary N) is 1. The van der Waals surface area contributed by atoms with Gasteiger partial charge in [-0.1, -0.05) is 0 Å². The summed E-state index contributed by atoms with van der Waals surface area (Å²) in [5.74, 6) is 0.229. The number of hydrogen-bond donors (Lipinski definition) is 1. The number of likely N-dealkylation sites (N-methyl/N-ethyl adjacent to an activating group) is 1. The summed E-state index contributed by atoms with van der Waals surface area (Å²) >= 11 is 0. The lowest BCUT2D eigenvalue weighted by Crippen LogP contribution is -2.50. The molecule has 2 atom stereocenters. The molecule has 0 spiro atoms. The molecule has 1 aliphatic heterocycles. The molecule has 2 unspecified atom stereocenters. The van der Waals surface area contributed by atoms with Crippen LogP contribution >= 0.6 is 0 Å². The Hall–Kier alpha value is -0.610. The maximum Gasteiger partial charge on any atom is 0.240 e. The number of carbonyl (C=O) groups excluding carboxylic acids is 1. The minimum Gasteiger partial charge on any atom is -0.326 e. The van der Waals surface area contributed by atoms with Gasteiger partial charge in [0.1, 0.15) is 0 Å². The average molecular weight is 199 g/mol.